The van der Waals surface area contributed by atoms with E-state index >= 15 is 0 Å². The fraction of sp³-hybridized carbons (Fsp3) is 0.273. The molecule has 0 saturated carbocycles. The molecule has 5 nitrogen and oxygen atoms in total. The summed E-state index contributed by atoms with van der Waals surface area (Å²) >= 11 is 1.49. The summed E-state index contributed by atoms with van der Waals surface area (Å²) in [6.07, 6.45) is 3.46. The zero-order valence-corrected chi connectivity index (χ0v) is 10.3. The van der Waals surface area contributed by atoms with Crippen molar-refractivity contribution in [2.24, 2.45) is 5.73 Å². The van der Waals surface area contributed by atoms with E-state index in [0.29, 0.717) is 6.54 Å². The van der Waals surface area contributed by atoms with Crippen LogP contribution in [0.2, 0.25) is 0 Å². The number of nitrogens with two attached hydrogens (primary N) is 1. The third kappa shape index (κ3) is 2.72. The number of nitrogens with one attached hydrogen (secondary N) is 1. The number of hydrogen-bond acceptors (Lipinski definition) is 4. The van der Waals surface area contributed by atoms with Crippen LogP contribution in [0.5, 0.6) is 0 Å². The topological polar surface area (TPSA) is 75.0 Å². The first-order chi connectivity index (χ1) is 8.18. The number of rotatable bonds is 4. The number of carbonyl (C=O) groups excluding carboxylic acids is 1. The van der Waals surface area contributed by atoms with Gasteiger partial charge in [-0.1, -0.05) is 6.07 Å². The third-order valence-electron chi connectivity index (χ3n) is 2.47. The minimum absolute atomic E-state index is 0.0892. The maximum absolute atomic E-state index is 12.0. The number of thiophene rings is 1. The summed E-state index contributed by atoms with van der Waals surface area (Å²) in [5.41, 5.74) is 6.87. The number of hydrogen-bond donors (Lipinski definition) is 2. The van der Waals surface area contributed by atoms with Gasteiger partial charge in [-0.15, -0.1) is 11.3 Å². The van der Waals surface area contributed by atoms with Gasteiger partial charge in [0.05, 0.1) is 6.20 Å². The highest BCUT2D eigenvalue weighted by molar-refractivity contribution is 7.10. The van der Waals surface area contributed by atoms with Crippen molar-refractivity contribution in [1.82, 2.24) is 15.1 Å². The molecule has 1 unspecified atom stereocenters. The molecular formula is C11H14N4OS. The third-order valence-corrected chi connectivity index (χ3v) is 3.42. The van der Waals surface area contributed by atoms with E-state index in [0.717, 1.165) is 10.4 Å². The fourth-order valence-electron chi connectivity index (χ4n) is 1.54. The van der Waals surface area contributed by atoms with Gasteiger partial charge in [-0.2, -0.15) is 5.10 Å². The van der Waals surface area contributed by atoms with E-state index in [9.17, 15) is 4.79 Å². The Morgan fingerprint density at radius 1 is 1.71 bits per heavy atom. The van der Waals surface area contributed by atoms with E-state index in [-0.39, 0.29) is 5.91 Å². The first-order valence-corrected chi connectivity index (χ1v) is 6.08. The summed E-state index contributed by atoms with van der Waals surface area (Å²) in [5.74, 6) is -0.0892. The van der Waals surface area contributed by atoms with Crippen LogP contribution in [-0.4, -0.2) is 28.1 Å². The van der Waals surface area contributed by atoms with Crippen LogP contribution in [0.4, 0.5) is 0 Å². The lowest BCUT2D eigenvalue weighted by Gasteiger charge is -2.19. The molecule has 1 amide bonds. The normalized spacial score (nSPS) is 12.4. The summed E-state index contributed by atoms with van der Waals surface area (Å²) in [5, 5.41) is 8.47. The van der Waals surface area contributed by atoms with Crippen LogP contribution in [-0.2, 0) is 11.3 Å². The largest absolute Gasteiger partial charge is 0.340 e. The Labute approximate surface area is 103 Å². The Bertz CT molecular complexity index is 466. The molecule has 0 bridgehead atoms. The van der Waals surface area contributed by atoms with Crippen molar-refractivity contribution in [1.29, 1.82) is 0 Å². The summed E-state index contributed by atoms with van der Waals surface area (Å²) in [4.78, 5) is 14.5. The Hall–Kier alpha value is -1.66. The highest BCUT2D eigenvalue weighted by atomic mass is 32.1. The van der Waals surface area contributed by atoms with Gasteiger partial charge in [0, 0.05) is 30.2 Å². The van der Waals surface area contributed by atoms with Gasteiger partial charge < -0.3 is 10.6 Å². The van der Waals surface area contributed by atoms with Crippen molar-refractivity contribution in [3.05, 3.63) is 40.3 Å². The second-order valence-electron chi connectivity index (χ2n) is 3.79. The number of likely N-dealkylation sites (N-methyl/N-ethyl adjacent to an activating group) is 1. The maximum Gasteiger partial charge on any atom is 0.244 e. The van der Waals surface area contributed by atoms with Crippen molar-refractivity contribution in [3.63, 3.8) is 0 Å². The maximum atomic E-state index is 12.0. The average molecular weight is 250 g/mol. The van der Waals surface area contributed by atoms with Crippen molar-refractivity contribution < 1.29 is 4.79 Å². The van der Waals surface area contributed by atoms with Crippen LogP contribution in [0.1, 0.15) is 16.5 Å². The minimum Gasteiger partial charge on any atom is -0.340 e. The number of amides is 1. The molecule has 1 atom stereocenters. The number of aromatic nitrogens is 2. The summed E-state index contributed by atoms with van der Waals surface area (Å²) in [6.45, 7) is 0.508. The number of nitrogens with zero attached hydrogens (tertiary/aromatic N) is 2. The second kappa shape index (κ2) is 5.11. The molecule has 0 aliphatic carbocycles. The first-order valence-electron chi connectivity index (χ1n) is 5.20. The molecule has 0 aliphatic rings. The molecule has 17 heavy (non-hydrogen) atoms. The molecule has 90 valence electrons. The SMILES string of the molecule is CN(Cc1cn[nH]c1)C(=O)C(N)c1cccs1. The van der Waals surface area contributed by atoms with Gasteiger partial charge in [-0.05, 0) is 11.4 Å². The van der Waals surface area contributed by atoms with Crippen molar-refractivity contribution in [3.8, 4) is 0 Å². The lowest BCUT2D eigenvalue weighted by atomic mass is 10.2. The second-order valence-corrected chi connectivity index (χ2v) is 4.77. The van der Waals surface area contributed by atoms with E-state index in [1.807, 2.05) is 17.5 Å². The Kier molecular flexibility index (Phi) is 3.55. The Morgan fingerprint density at radius 3 is 3.12 bits per heavy atom. The standard InChI is InChI=1S/C11H14N4OS/c1-15(7-8-5-13-14-6-8)11(16)10(12)9-3-2-4-17-9/h2-6,10H,7,12H2,1H3,(H,13,14). The van der Waals surface area contributed by atoms with Crippen LogP contribution in [0.15, 0.2) is 29.9 Å². The summed E-state index contributed by atoms with van der Waals surface area (Å²) < 4.78 is 0. The predicted molar refractivity (Wildman–Crippen MR) is 66.3 cm³/mol. The van der Waals surface area contributed by atoms with E-state index in [4.69, 9.17) is 5.73 Å². The number of aromatic amines is 1. The molecule has 2 aromatic rings. The molecule has 2 rings (SSSR count). The van der Waals surface area contributed by atoms with Crippen LogP contribution in [0, 0.1) is 0 Å². The monoisotopic (exact) mass is 250 g/mol. The summed E-state index contributed by atoms with van der Waals surface area (Å²) in [6, 6.07) is 3.19. The molecule has 6 heteroatoms. The molecule has 3 N–H and O–H groups in total. The van der Waals surface area contributed by atoms with Crippen molar-refractivity contribution >= 4 is 17.2 Å². The lowest BCUT2D eigenvalue weighted by molar-refractivity contribution is -0.131. The highest BCUT2D eigenvalue weighted by Crippen LogP contribution is 2.18. The smallest absolute Gasteiger partial charge is 0.244 e. The van der Waals surface area contributed by atoms with Gasteiger partial charge >= 0.3 is 0 Å². The minimum atomic E-state index is -0.577. The van der Waals surface area contributed by atoms with Crippen LogP contribution in [0.25, 0.3) is 0 Å². The summed E-state index contributed by atoms with van der Waals surface area (Å²) in [7, 11) is 1.74. The van der Waals surface area contributed by atoms with E-state index in [1.54, 1.807) is 24.3 Å². The zero-order valence-electron chi connectivity index (χ0n) is 9.46. The van der Waals surface area contributed by atoms with Crippen LogP contribution >= 0.6 is 11.3 Å². The molecule has 0 saturated heterocycles. The average Bonchev–Trinajstić information content (AvgIpc) is 2.99. The fourth-order valence-corrected chi connectivity index (χ4v) is 2.26. The molecule has 2 heterocycles. The highest BCUT2D eigenvalue weighted by Gasteiger charge is 2.20. The van der Waals surface area contributed by atoms with Gasteiger partial charge in [0.25, 0.3) is 0 Å². The van der Waals surface area contributed by atoms with Crippen LogP contribution in [0.3, 0.4) is 0 Å². The molecule has 0 fully saturated rings. The molecule has 0 spiro atoms. The van der Waals surface area contributed by atoms with Crippen molar-refractivity contribution in [2.45, 2.75) is 12.6 Å². The molecule has 0 aliphatic heterocycles. The van der Waals surface area contributed by atoms with Gasteiger partial charge in [0.2, 0.25) is 5.91 Å². The van der Waals surface area contributed by atoms with Gasteiger partial charge in [-0.3, -0.25) is 9.89 Å². The van der Waals surface area contributed by atoms with E-state index in [2.05, 4.69) is 10.2 Å². The van der Waals surface area contributed by atoms with Gasteiger partial charge in [0.1, 0.15) is 6.04 Å². The van der Waals surface area contributed by atoms with Gasteiger partial charge in [-0.25, -0.2) is 0 Å². The van der Waals surface area contributed by atoms with E-state index < -0.39 is 6.04 Å². The van der Waals surface area contributed by atoms with Crippen molar-refractivity contribution in [2.75, 3.05) is 7.05 Å². The first kappa shape index (κ1) is 11.8. The van der Waals surface area contributed by atoms with E-state index in [1.165, 1.54) is 11.3 Å². The number of carbonyl (C=O) groups is 1. The zero-order chi connectivity index (χ0) is 12.3. The Balaban J connectivity index is 2.00. The van der Waals surface area contributed by atoms with Gasteiger partial charge in [0.15, 0.2) is 0 Å². The quantitative estimate of drug-likeness (QED) is 0.854. The molecule has 2 aromatic heterocycles. The molecule has 0 radical (unpaired) electrons. The Morgan fingerprint density at radius 2 is 2.53 bits per heavy atom. The lowest BCUT2D eigenvalue weighted by Crippen LogP contribution is -2.34. The van der Waals surface area contributed by atoms with Crippen LogP contribution < -0.4 is 5.73 Å². The molecular weight excluding hydrogens is 236 g/mol. The number of H-pyrrole nitrogens is 1. The predicted octanol–water partition coefficient (Wildman–Crippen LogP) is 1.13. The molecule has 0 aromatic carbocycles.